The van der Waals surface area contributed by atoms with E-state index in [9.17, 15) is 4.39 Å². The molecule has 0 N–H and O–H groups in total. The minimum atomic E-state index is -0.225. The second-order valence-corrected chi connectivity index (χ2v) is 5.67. The van der Waals surface area contributed by atoms with E-state index in [-0.39, 0.29) is 5.82 Å². The molecule has 1 saturated heterocycles. The van der Waals surface area contributed by atoms with Gasteiger partial charge >= 0.3 is 0 Å². The third kappa shape index (κ3) is 3.16. The standard InChI is InChI=1S/C17H22FN3/c1-2-8-20-9-3-10-21(12-11-20)17-6-7-19-16-13-14(18)4-5-15(16)17/h4-7,13H,2-3,8-12H2,1H3. The molecule has 3 rings (SSSR count). The fraction of sp³-hybridized carbons (Fsp3) is 0.471. The van der Waals surface area contributed by atoms with Gasteiger partial charge in [0.2, 0.25) is 0 Å². The van der Waals surface area contributed by atoms with E-state index in [0.29, 0.717) is 0 Å². The summed E-state index contributed by atoms with van der Waals surface area (Å²) in [6.45, 7) is 7.75. The average Bonchev–Trinajstić information content (AvgIpc) is 2.72. The van der Waals surface area contributed by atoms with Crippen molar-refractivity contribution in [3.63, 3.8) is 0 Å². The summed E-state index contributed by atoms with van der Waals surface area (Å²) in [5.74, 6) is -0.225. The number of anilines is 1. The molecule has 1 aromatic heterocycles. The van der Waals surface area contributed by atoms with Crippen LogP contribution in [0.5, 0.6) is 0 Å². The first-order valence-corrected chi connectivity index (χ1v) is 7.79. The van der Waals surface area contributed by atoms with Crippen LogP contribution in [0.2, 0.25) is 0 Å². The molecule has 1 fully saturated rings. The molecule has 4 heteroatoms. The van der Waals surface area contributed by atoms with Gasteiger partial charge in [0.05, 0.1) is 5.52 Å². The molecular weight excluding hydrogens is 265 g/mol. The molecule has 0 unspecified atom stereocenters. The predicted molar refractivity (Wildman–Crippen MR) is 85.3 cm³/mol. The quantitative estimate of drug-likeness (QED) is 0.863. The number of halogens is 1. The Labute approximate surface area is 125 Å². The first-order chi connectivity index (χ1) is 10.3. The minimum Gasteiger partial charge on any atom is -0.370 e. The lowest BCUT2D eigenvalue weighted by molar-refractivity contribution is 0.294. The van der Waals surface area contributed by atoms with E-state index < -0.39 is 0 Å². The van der Waals surface area contributed by atoms with Gasteiger partial charge in [-0.2, -0.15) is 0 Å². The average molecular weight is 287 g/mol. The summed E-state index contributed by atoms with van der Waals surface area (Å²) in [6.07, 6.45) is 4.16. The summed E-state index contributed by atoms with van der Waals surface area (Å²) in [5.41, 5.74) is 1.92. The number of pyridine rings is 1. The molecule has 21 heavy (non-hydrogen) atoms. The van der Waals surface area contributed by atoms with E-state index in [4.69, 9.17) is 0 Å². The normalized spacial score (nSPS) is 17.1. The Morgan fingerprint density at radius 3 is 2.90 bits per heavy atom. The van der Waals surface area contributed by atoms with Crippen molar-refractivity contribution in [1.29, 1.82) is 0 Å². The highest BCUT2D eigenvalue weighted by Crippen LogP contribution is 2.26. The second-order valence-electron chi connectivity index (χ2n) is 5.67. The van der Waals surface area contributed by atoms with Crippen molar-refractivity contribution >= 4 is 16.6 Å². The zero-order chi connectivity index (χ0) is 14.7. The summed E-state index contributed by atoms with van der Waals surface area (Å²) < 4.78 is 13.4. The van der Waals surface area contributed by atoms with E-state index in [2.05, 4.69) is 27.8 Å². The van der Waals surface area contributed by atoms with Crippen molar-refractivity contribution in [2.75, 3.05) is 37.6 Å². The summed E-state index contributed by atoms with van der Waals surface area (Å²) >= 11 is 0. The van der Waals surface area contributed by atoms with Crippen molar-refractivity contribution in [3.05, 3.63) is 36.3 Å². The highest BCUT2D eigenvalue weighted by atomic mass is 19.1. The molecule has 1 aromatic carbocycles. The van der Waals surface area contributed by atoms with E-state index in [1.54, 1.807) is 6.20 Å². The number of rotatable bonds is 3. The van der Waals surface area contributed by atoms with Gasteiger partial charge in [0.15, 0.2) is 0 Å². The maximum absolute atomic E-state index is 13.4. The molecule has 0 amide bonds. The Hall–Kier alpha value is -1.68. The van der Waals surface area contributed by atoms with Gasteiger partial charge in [-0.15, -0.1) is 0 Å². The predicted octanol–water partition coefficient (Wildman–Crippen LogP) is 3.30. The molecule has 0 radical (unpaired) electrons. The van der Waals surface area contributed by atoms with Gasteiger partial charge in [0.1, 0.15) is 5.82 Å². The van der Waals surface area contributed by atoms with Crippen LogP contribution in [0.1, 0.15) is 19.8 Å². The third-order valence-corrected chi connectivity index (χ3v) is 4.15. The van der Waals surface area contributed by atoms with Crippen molar-refractivity contribution in [3.8, 4) is 0 Å². The van der Waals surface area contributed by atoms with Gasteiger partial charge < -0.3 is 9.80 Å². The Morgan fingerprint density at radius 1 is 1.14 bits per heavy atom. The molecule has 3 nitrogen and oxygen atoms in total. The van der Waals surface area contributed by atoms with E-state index >= 15 is 0 Å². The van der Waals surface area contributed by atoms with Gasteiger partial charge in [0.25, 0.3) is 0 Å². The molecule has 0 aliphatic carbocycles. The minimum absolute atomic E-state index is 0.225. The fourth-order valence-electron chi connectivity index (χ4n) is 3.13. The SMILES string of the molecule is CCCN1CCCN(c2ccnc3cc(F)ccc23)CC1. The van der Waals surface area contributed by atoms with Crippen molar-refractivity contribution in [2.45, 2.75) is 19.8 Å². The molecule has 0 atom stereocenters. The van der Waals surface area contributed by atoms with Crippen LogP contribution in [0.3, 0.4) is 0 Å². The molecule has 1 aliphatic rings. The molecule has 2 aromatic rings. The van der Waals surface area contributed by atoms with Crippen LogP contribution in [-0.4, -0.2) is 42.6 Å². The molecule has 1 aliphatic heterocycles. The van der Waals surface area contributed by atoms with Crippen LogP contribution in [0.4, 0.5) is 10.1 Å². The Bertz CT molecular complexity index is 614. The Kier molecular flexibility index (Phi) is 4.34. The van der Waals surface area contributed by atoms with Gasteiger partial charge in [-0.1, -0.05) is 6.92 Å². The second kappa shape index (κ2) is 6.39. The lowest BCUT2D eigenvalue weighted by atomic mass is 10.1. The van der Waals surface area contributed by atoms with Crippen LogP contribution in [-0.2, 0) is 0 Å². The molecule has 112 valence electrons. The highest BCUT2D eigenvalue weighted by Gasteiger charge is 2.16. The van der Waals surface area contributed by atoms with Crippen molar-refractivity contribution in [2.24, 2.45) is 0 Å². The number of hydrogen-bond acceptors (Lipinski definition) is 3. The molecule has 0 saturated carbocycles. The zero-order valence-electron chi connectivity index (χ0n) is 12.6. The largest absolute Gasteiger partial charge is 0.370 e. The molecule has 0 spiro atoms. The lowest BCUT2D eigenvalue weighted by Crippen LogP contribution is -2.31. The van der Waals surface area contributed by atoms with E-state index in [0.717, 1.165) is 30.5 Å². The number of aromatic nitrogens is 1. The topological polar surface area (TPSA) is 19.4 Å². The van der Waals surface area contributed by atoms with E-state index in [1.165, 1.54) is 43.8 Å². The maximum atomic E-state index is 13.4. The summed E-state index contributed by atoms with van der Waals surface area (Å²) in [4.78, 5) is 9.23. The van der Waals surface area contributed by atoms with Gasteiger partial charge in [-0.3, -0.25) is 4.98 Å². The van der Waals surface area contributed by atoms with Gasteiger partial charge in [-0.05, 0) is 44.1 Å². The van der Waals surface area contributed by atoms with Gasteiger partial charge in [-0.25, -0.2) is 4.39 Å². The number of nitrogens with zero attached hydrogens (tertiary/aromatic N) is 3. The maximum Gasteiger partial charge on any atom is 0.125 e. The number of fused-ring (bicyclic) bond motifs is 1. The third-order valence-electron chi connectivity index (χ3n) is 4.15. The fourth-order valence-corrected chi connectivity index (χ4v) is 3.13. The van der Waals surface area contributed by atoms with Crippen LogP contribution in [0.15, 0.2) is 30.5 Å². The number of hydrogen-bond donors (Lipinski definition) is 0. The summed E-state index contributed by atoms with van der Waals surface area (Å²) in [5, 5.41) is 1.04. The van der Waals surface area contributed by atoms with Crippen LogP contribution in [0.25, 0.3) is 10.9 Å². The summed E-state index contributed by atoms with van der Waals surface area (Å²) in [6, 6.07) is 6.94. The van der Waals surface area contributed by atoms with Crippen molar-refractivity contribution < 1.29 is 4.39 Å². The van der Waals surface area contributed by atoms with Crippen LogP contribution in [0, 0.1) is 5.82 Å². The zero-order valence-corrected chi connectivity index (χ0v) is 12.6. The van der Waals surface area contributed by atoms with Crippen molar-refractivity contribution in [1.82, 2.24) is 9.88 Å². The van der Waals surface area contributed by atoms with Gasteiger partial charge in [0, 0.05) is 43.0 Å². The first-order valence-electron chi connectivity index (χ1n) is 7.79. The summed E-state index contributed by atoms with van der Waals surface area (Å²) in [7, 11) is 0. The Balaban J connectivity index is 1.86. The number of benzene rings is 1. The Morgan fingerprint density at radius 2 is 2.05 bits per heavy atom. The molecule has 0 bridgehead atoms. The monoisotopic (exact) mass is 287 g/mol. The molecule has 2 heterocycles. The van der Waals surface area contributed by atoms with Crippen LogP contribution >= 0.6 is 0 Å². The molecular formula is C17H22FN3. The lowest BCUT2D eigenvalue weighted by Gasteiger charge is -2.24. The van der Waals surface area contributed by atoms with E-state index in [1.807, 2.05) is 6.07 Å². The first kappa shape index (κ1) is 14.3. The highest BCUT2D eigenvalue weighted by molar-refractivity contribution is 5.91. The van der Waals surface area contributed by atoms with Crippen LogP contribution < -0.4 is 4.90 Å². The smallest absolute Gasteiger partial charge is 0.125 e.